The Kier molecular flexibility index (Phi) is 4.60. The van der Waals surface area contributed by atoms with Crippen LogP contribution in [0.25, 0.3) is 21.9 Å². The van der Waals surface area contributed by atoms with E-state index in [9.17, 15) is 40.5 Å². The molecule has 29 heavy (non-hydrogen) atoms. The summed E-state index contributed by atoms with van der Waals surface area (Å²) >= 11 is 0. The van der Waals surface area contributed by atoms with E-state index in [0.717, 1.165) is 12.1 Å². The molecular formula is C19H18O10. The van der Waals surface area contributed by atoms with Gasteiger partial charge in [0.1, 0.15) is 64.3 Å². The van der Waals surface area contributed by atoms with Crippen molar-refractivity contribution in [1.82, 2.24) is 0 Å². The van der Waals surface area contributed by atoms with Crippen LogP contribution in [-0.2, 0) is 4.74 Å². The van der Waals surface area contributed by atoms with Crippen molar-refractivity contribution in [2.24, 2.45) is 0 Å². The van der Waals surface area contributed by atoms with Crippen LogP contribution in [-0.4, -0.2) is 66.8 Å². The number of rotatable bonds is 2. The van der Waals surface area contributed by atoms with Crippen LogP contribution in [0, 0.1) is 0 Å². The third-order valence-electron chi connectivity index (χ3n) is 5.11. The molecule has 5 atom stereocenters. The number of benzene rings is 2. The first-order chi connectivity index (χ1) is 13.7. The Hall–Kier alpha value is -2.89. The van der Waals surface area contributed by atoms with Gasteiger partial charge in [-0.3, -0.25) is 4.79 Å². The van der Waals surface area contributed by atoms with E-state index < -0.39 is 59.6 Å². The normalized spacial score (nSPS) is 27.5. The summed E-state index contributed by atoms with van der Waals surface area (Å²) in [5.41, 5.74) is -1.17. The highest BCUT2D eigenvalue weighted by molar-refractivity contribution is 5.95. The summed E-state index contributed by atoms with van der Waals surface area (Å²) in [7, 11) is 0. The van der Waals surface area contributed by atoms with E-state index in [2.05, 4.69) is 0 Å². The Morgan fingerprint density at radius 3 is 2.34 bits per heavy atom. The van der Waals surface area contributed by atoms with Gasteiger partial charge in [-0.1, -0.05) is 0 Å². The van der Waals surface area contributed by atoms with E-state index >= 15 is 0 Å². The Labute approximate surface area is 162 Å². The molecule has 1 saturated heterocycles. The molecule has 10 nitrogen and oxygen atoms in total. The van der Waals surface area contributed by atoms with Gasteiger partial charge < -0.3 is 44.9 Å². The zero-order valence-electron chi connectivity index (χ0n) is 14.8. The van der Waals surface area contributed by atoms with Crippen LogP contribution in [0.5, 0.6) is 17.2 Å². The van der Waals surface area contributed by atoms with Crippen molar-refractivity contribution in [3.63, 3.8) is 0 Å². The number of ether oxygens (including phenoxy) is 1. The van der Waals surface area contributed by atoms with Gasteiger partial charge in [0.25, 0.3) is 0 Å². The van der Waals surface area contributed by atoms with E-state index in [-0.39, 0.29) is 27.7 Å². The van der Waals surface area contributed by atoms with E-state index in [1.165, 1.54) is 12.1 Å². The highest BCUT2D eigenvalue weighted by Crippen LogP contribution is 2.44. The lowest BCUT2D eigenvalue weighted by Gasteiger charge is -2.40. The van der Waals surface area contributed by atoms with Gasteiger partial charge in [-0.25, -0.2) is 0 Å². The molecule has 0 bridgehead atoms. The smallest absolute Gasteiger partial charge is 0.204 e. The SMILES string of the molecule is O=c1c2cc(O)ccc2oc2cc(O)c(C3O[C@H](CO)[C@@H](O)[C@H](O)[C@H]3O)c(O)c12. The predicted molar refractivity (Wildman–Crippen MR) is 97.7 cm³/mol. The van der Waals surface area contributed by atoms with Gasteiger partial charge in [0.15, 0.2) is 0 Å². The molecule has 3 aromatic rings. The number of phenols is 3. The van der Waals surface area contributed by atoms with Crippen LogP contribution in [0.15, 0.2) is 33.5 Å². The number of phenolic OH excluding ortho intramolecular Hbond substituents is 3. The lowest BCUT2D eigenvalue weighted by molar-refractivity contribution is -0.232. The maximum absolute atomic E-state index is 12.9. The molecule has 2 aromatic carbocycles. The fourth-order valence-corrected chi connectivity index (χ4v) is 3.60. The van der Waals surface area contributed by atoms with Crippen LogP contribution in [0.2, 0.25) is 0 Å². The van der Waals surface area contributed by atoms with Crippen LogP contribution < -0.4 is 5.43 Å². The minimum atomic E-state index is -1.78. The van der Waals surface area contributed by atoms with Gasteiger partial charge in [-0.15, -0.1) is 0 Å². The summed E-state index contributed by atoms with van der Waals surface area (Å²) in [6.07, 6.45) is -8.00. The quantitative estimate of drug-likeness (QED) is 0.276. The molecule has 10 heteroatoms. The third kappa shape index (κ3) is 2.89. The molecule has 0 aliphatic carbocycles. The van der Waals surface area contributed by atoms with E-state index in [4.69, 9.17) is 9.15 Å². The second-order valence-electron chi connectivity index (χ2n) is 6.89. The first-order valence-electron chi connectivity index (χ1n) is 8.69. The maximum atomic E-state index is 12.9. The topological polar surface area (TPSA) is 181 Å². The average molecular weight is 406 g/mol. The molecule has 7 N–H and O–H groups in total. The van der Waals surface area contributed by atoms with Crippen molar-refractivity contribution < 1.29 is 44.9 Å². The van der Waals surface area contributed by atoms with Crippen molar-refractivity contribution >= 4 is 21.9 Å². The van der Waals surface area contributed by atoms with Gasteiger partial charge in [-0.05, 0) is 18.2 Å². The van der Waals surface area contributed by atoms with Crippen molar-refractivity contribution in [2.75, 3.05) is 6.61 Å². The molecule has 0 spiro atoms. The minimum absolute atomic E-state index is 0.0294. The van der Waals surface area contributed by atoms with Gasteiger partial charge >= 0.3 is 0 Å². The summed E-state index contributed by atoms with van der Waals surface area (Å²) in [6, 6.07) is 4.85. The zero-order valence-corrected chi connectivity index (χ0v) is 14.8. The Bertz CT molecular complexity index is 1150. The Morgan fingerprint density at radius 1 is 0.931 bits per heavy atom. The number of hydrogen-bond donors (Lipinski definition) is 7. The standard InChI is InChI=1S/C19H18O10/c20-5-11-15(24)17(26)18(27)19(29-11)12-8(22)4-10-13(16(12)25)14(23)7-3-6(21)1-2-9(7)28-10/h1-4,11,15,17-22,24-27H,5H2/t11-,15-,17+,18-,19?/m1/s1. The van der Waals surface area contributed by atoms with Gasteiger partial charge in [0.05, 0.1) is 17.6 Å². The number of aromatic hydroxyl groups is 3. The first kappa shape index (κ1) is 19.4. The Balaban J connectivity index is 1.97. The molecule has 1 fully saturated rings. The molecule has 0 saturated carbocycles. The molecule has 1 unspecified atom stereocenters. The molecule has 1 aromatic heterocycles. The zero-order chi connectivity index (χ0) is 21.0. The number of aliphatic hydroxyl groups is 4. The van der Waals surface area contributed by atoms with Crippen LogP contribution >= 0.6 is 0 Å². The van der Waals surface area contributed by atoms with Crippen molar-refractivity contribution in [3.8, 4) is 17.2 Å². The predicted octanol–water partition coefficient (Wildman–Crippen LogP) is -0.422. The van der Waals surface area contributed by atoms with Crippen LogP contribution in [0.1, 0.15) is 11.7 Å². The van der Waals surface area contributed by atoms with Crippen molar-refractivity contribution in [3.05, 3.63) is 40.1 Å². The van der Waals surface area contributed by atoms with E-state index in [1.807, 2.05) is 0 Å². The van der Waals surface area contributed by atoms with Gasteiger partial charge in [0.2, 0.25) is 5.43 Å². The van der Waals surface area contributed by atoms with Crippen molar-refractivity contribution in [2.45, 2.75) is 30.5 Å². The fourth-order valence-electron chi connectivity index (χ4n) is 3.60. The third-order valence-corrected chi connectivity index (χ3v) is 5.11. The number of fused-ring (bicyclic) bond motifs is 2. The molecule has 0 amide bonds. The molecular weight excluding hydrogens is 388 g/mol. The van der Waals surface area contributed by atoms with E-state index in [1.54, 1.807) is 0 Å². The molecule has 1 aliphatic heterocycles. The first-order valence-corrected chi connectivity index (χ1v) is 8.69. The van der Waals surface area contributed by atoms with E-state index in [0.29, 0.717) is 0 Å². The lowest BCUT2D eigenvalue weighted by atomic mass is 9.89. The van der Waals surface area contributed by atoms with Crippen LogP contribution in [0.3, 0.4) is 0 Å². The largest absolute Gasteiger partial charge is 0.508 e. The second-order valence-corrected chi connectivity index (χ2v) is 6.89. The van der Waals surface area contributed by atoms with Crippen molar-refractivity contribution in [1.29, 1.82) is 0 Å². The fraction of sp³-hybridized carbons (Fsp3) is 0.316. The summed E-state index contributed by atoms with van der Waals surface area (Å²) in [6.45, 7) is -0.706. The summed E-state index contributed by atoms with van der Waals surface area (Å²) in [5, 5.41) is 70.0. The summed E-state index contributed by atoms with van der Waals surface area (Å²) in [4.78, 5) is 12.9. The monoisotopic (exact) mass is 406 g/mol. The highest BCUT2D eigenvalue weighted by atomic mass is 16.5. The molecule has 154 valence electrons. The second kappa shape index (κ2) is 6.87. The minimum Gasteiger partial charge on any atom is -0.508 e. The molecule has 2 heterocycles. The van der Waals surface area contributed by atoms with Gasteiger partial charge in [-0.2, -0.15) is 0 Å². The lowest BCUT2D eigenvalue weighted by Crippen LogP contribution is -2.55. The average Bonchev–Trinajstić information content (AvgIpc) is 2.68. The van der Waals surface area contributed by atoms with Gasteiger partial charge in [0, 0.05) is 6.07 Å². The summed E-state index contributed by atoms with van der Waals surface area (Å²) < 4.78 is 10.9. The summed E-state index contributed by atoms with van der Waals surface area (Å²) in [5.74, 6) is -1.56. The van der Waals surface area contributed by atoms with Crippen LogP contribution in [0.4, 0.5) is 0 Å². The Morgan fingerprint density at radius 2 is 1.66 bits per heavy atom. The molecule has 0 radical (unpaired) electrons. The maximum Gasteiger partial charge on any atom is 0.204 e. The number of hydrogen-bond acceptors (Lipinski definition) is 10. The highest BCUT2D eigenvalue weighted by Gasteiger charge is 2.46. The number of aliphatic hydroxyl groups excluding tert-OH is 4. The molecule has 1 aliphatic rings. The molecule has 4 rings (SSSR count).